The second-order valence-corrected chi connectivity index (χ2v) is 12.0. The van der Waals surface area contributed by atoms with E-state index in [1.54, 1.807) is 0 Å². The SMILES string of the molecule is c1ccc(-c2nc(-c3ccc4c(c3)oc3ccccc34)nc(-c3ccc4ccc5c(ccc6c7ccccc7ccc65)c4c3)n2)cc1. The summed E-state index contributed by atoms with van der Waals surface area (Å²) >= 11 is 0. The summed E-state index contributed by atoms with van der Waals surface area (Å²) in [6.07, 6.45) is 0. The number of hydrogen-bond donors (Lipinski definition) is 0. The number of benzene rings is 8. The van der Waals surface area contributed by atoms with Crippen molar-refractivity contribution in [2.45, 2.75) is 0 Å². The van der Waals surface area contributed by atoms with E-state index in [1.807, 2.05) is 54.6 Å². The number of furan rings is 1. The minimum Gasteiger partial charge on any atom is -0.456 e. The van der Waals surface area contributed by atoms with E-state index >= 15 is 0 Å². The van der Waals surface area contributed by atoms with Gasteiger partial charge in [-0.05, 0) is 67.4 Å². The monoisotopic (exact) mass is 599 g/mol. The van der Waals surface area contributed by atoms with Gasteiger partial charge >= 0.3 is 0 Å². The molecule has 2 aromatic heterocycles. The average Bonchev–Trinajstić information content (AvgIpc) is 3.52. The number of nitrogens with zero attached hydrogens (tertiary/aromatic N) is 3. The molecule has 0 aliphatic rings. The topological polar surface area (TPSA) is 51.8 Å². The molecule has 10 rings (SSSR count). The second-order valence-electron chi connectivity index (χ2n) is 12.0. The number of fused-ring (bicyclic) bond motifs is 10. The third-order valence-electron chi connectivity index (χ3n) is 9.30. The molecule has 0 atom stereocenters. The minimum atomic E-state index is 0.604. The first kappa shape index (κ1) is 25.9. The molecule has 0 aliphatic carbocycles. The lowest BCUT2D eigenvalue weighted by Gasteiger charge is -2.12. The maximum Gasteiger partial charge on any atom is 0.164 e. The number of rotatable bonds is 3. The third kappa shape index (κ3) is 4.12. The van der Waals surface area contributed by atoms with Crippen molar-refractivity contribution in [2.75, 3.05) is 0 Å². The van der Waals surface area contributed by atoms with Crippen molar-refractivity contribution >= 4 is 65.0 Å². The molecule has 0 radical (unpaired) electrons. The quantitative estimate of drug-likeness (QED) is 0.190. The summed E-state index contributed by atoms with van der Waals surface area (Å²) < 4.78 is 6.22. The van der Waals surface area contributed by atoms with Gasteiger partial charge in [0, 0.05) is 27.5 Å². The fraction of sp³-hybridized carbons (Fsp3) is 0. The van der Waals surface area contributed by atoms with E-state index in [4.69, 9.17) is 19.4 Å². The summed E-state index contributed by atoms with van der Waals surface area (Å²) in [6.45, 7) is 0. The largest absolute Gasteiger partial charge is 0.456 e. The summed E-state index contributed by atoms with van der Waals surface area (Å²) in [5.74, 6) is 1.86. The Kier molecular flexibility index (Phi) is 5.54. The van der Waals surface area contributed by atoms with E-state index in [-0.39, 0.29) is 0 Å². The van der Waals surface area contributed by atoms with E-state index in [0.29, 0.717) is 17.5 Å². The van der Waals surface area contributed by atoms with Crippen LogP contribution in [0, 0.1) is 0 Å². The van der Waals surface area contributed by atoms with E-state index in [1.165, 1.54) is 43.1 Å². The summed E-state index contributed by atoms with van der Waals surface area (Å²) in [5, 5.41) is 12.0. The Hall–Kier alpha value is -6.39. The third-order valence-corrected chi connectivity index (χ3v) is 9.30. The highest BCUT2D eigenvalue weighted by molar-refractivity contribution is 6.22. The molecule has 0 unspecified atom stereocenters. The van der Waals surface area contributed by atoms with E-state index < -0.39 is 0 Å². The Balaban J connectivity index is 1.18. The van der Waals surface area contributed by atoms with Crippen LogP contribution in [0.2, 0.25) is 0 Å². The summed E-state index contributed by atoms with van der Waals surface area (Å²) in [5.41, 5.74) is 4.43. The van der Waals surface area contributed by atoms with Gasteiger partial charge in [-0.25, -0.2) is 15.0 Å². The zero-order chi connectivity index (χ0) is 30.9. The first-order valence-electron chi connectivity index (χ1n) is 15.8. The van der Waals surface area contributed by atoms with Gasteiger partial charge in [0.05, 0.1) is 0 Å². The molecule has 218 valence electrons. The summed E-state index contributed by atoms with van der Waals surface area (Å²) in [4.78, 5) is 15.1. The Bertz CT molecular complexity index is 2850. The first-order valence-corrected chi connectivity index (χ1v) is 15.8. The van der Waals surface area contributed by atoms with E-state index in [0.717, 1.165) is 38.6 Å². The van der Waals surface area contributed by atoms with Crippen molar-refractivity contribution < 1.29 is 4.42 Å². The van der Waals surface area contributed by atoms with Crippen molar-refractivity contribution in [1.82, 2.24) is 15.0 Å². The maximum absolute atomic E-state index is 6.22. The first-order chi connectivity index (χ1) is 23.3. The fourth-order valence-electron chi connectivity index (χ4n) is 6.99. The summed E-state index contributed by atoms with van der Waals surface area (Å²) in [6, 6.07) is 52.9. The molecule has 4 nitrogen and oxygen atoms in total. The van der Waals surface area contributed by atoms with Crippen LogP contribution in [0.4, 0.5) is 0 Å². The van der Waals surface area contributed by atoms with Gasteiger partial charge in [-0.3, -0.25) is 0 Å². The highest BCUT2D eigenvalue weighted by Crippen LogP contribution is 2.37. The second kappa shape index (κ2) is 10.1. The van der Waals surface area contributed by atoms with Gasteiger partial charge in [0.1, 0.15) is 11.2 Å². The lowest BCUT2D eigenvalue weighted by atomic mass is 9.93. The van der Waals surface area contributed by atoms with Gasteiger partial charge < -0.3 is 4.42 Å². The minimum absolute atomic E-state index is 0.604. The molecule has 0 saturated carbocycles. The Morgan fingerprint density at radius 2 is 0.787 bits per heavy atom. The zero-order valence-corrected chi connectivity index (χ0v) is 25.2. The number of hydrogen-bond acceptors (Lipinski definition) is 4. The van der Waals surface area contributed by atoms with Crippen LogP contribution < -0.4 is 0 Å². The van der Waals surface area contributed by atoms with Crippen LogP contribution in [0.3, 0.4) is 0 Å². The lowest BCUT2D eigenvalue weighted by molar-refractivity contribution is 0.669. The average molecular weight is 600 g/mol. The Morgan fingerprint density at radius 1 is 0.298 bits per heavy atom. The molecule has 0 N–H and O–H groups in total. The standard InChI is InChI=1S/C43H25N3O/c1-2-9-28(10-3-1)41-44-42(46-43(45-41)30-18-21-37-36-12-6-7-13-39(36)47-40(37)25-30)29-15-14-27-17-20-34-33-19-16-26-8-4-5-11-31(26)32(33)22-23-35(34)38(27)24-29/h1-25H. The van der Waals surface area contributed by atoms with Gasteiger partial charge in [-0.1, -0.05) is 127 Å². The molecule has 0 fully saturated rings. The molecule has 0 saturated heterocycles. The fourth-order valence-corrected chi connectivity index (χ4v) is 6.99. The Morgan fingerprint density at radius 3 is 1.57 bits per heavy atom. The molecule has 8 aromatic carbocycles. The highest BCUT2D eigenvalue weighted by atomic mass is 16.3. The number of aromatic nitrogens is 3. The van der Waals surface area contributed by atoms with E-state index in [2.05, 4.69) is 97.1 Å². The van der Waals surface area contributed by atoms with Gasteiger partial charge in [0.15, 0.2) is 17.5 Å². The lowest BCUT2D eigenvalue weighted by Crippen LogP contribution is -2.00. The molecular weight excluding hydrogens is 574 g/mol. The molecule has 0 aliphatic heterocycles. The van der Waals surface area contributed by atoms with Crippen molar-refractivity contribution in [1.29, 1.82) is 0 Å². The molecule has 10 aromatic rings. The van der Waals surface area contributed by atoms with Gasteiger partial charge in [0.25, 0.3) is 0 Å². The van der Waals surface area contributed by atoms with Gasteiger partial charge in [-0.2, -0.15) is 0 Å². The zero-order valence-electron chi connectivity index (χ0n) is 25.2. The van der Waals surface area contributed by atoms with Crippen molar-refractivity contribution in [3.05, 3.63) is 152 Å². The molecule has 0 spiro atoms. The molecule has 0 amide bonds. The van der Waals surface area contributed by atoms with Gasteiger partial charge in [0.2, 0.25) is 0 Å². The van der Waals surface area contributed by atoms with Crippen molar-refractivity contribution in [3.63, 3.8) is 0 Å². The van der Waals surface area contributed by atoms with Crippen LogP contribution >= 0.6 is 0 Å². The predicted molar refractivity (Wildman–Crippen MR) is 193 cm³/mol. The molecule has 2 heterocycles. The number of para-hydroxylation sites is 1. The summed E-state index contributed by atoms with van der Waals surface area (Å²) in [7, 11) is 0. The van der Waals surface area contributed by atoms with Crippen molar-refractivity contribution in [2.24, 2.45) is 0 Å². The van der Waals surface area contributed by atoms with Crippen LogP contribution in [0.25, 0.3) is 99.2 Å². The van der Waals surface area contributed by atoms with Crippen LogP contribution in [0.15, 0.2) is 156 Å². The molecule has 47 heavy (non-hydrogen) atoms. The van der Waals surface area contributed by atoms with Crippen molar-refractivity contribution in [3.8, 4) is 34.2 Å². The smallest absolute Gasteiger partial charge is 0.164 e. The van der Waals surface area contributed by atoms with Crippen LogP contribution in [0.1, 0.15) is 0 Å². The molecule has 4 heteroatoms. The Labute approximate surface area is 269 Å². The van der Waals surface area contributed by atoms with Crippen LogP contribution in [-0.2, 0) is 0 Å². The van der Waals surface area contributed by atoms with Crippen LogP contribution in [-0.4, -0.2) is 15.0 Å². The highest BCUT2D eigenvalue weighted by Gasteiger charge is 2.16. The molecular formula is C43H25N3O. The van der Waals surface area contributed by atoms with E-state index in [9.17, 15) is 0 Å². The molecule has 0 bridgehead atoms. The van der Waals surface area contributed by atoms with Crippen LogP contribution in [0.5, 0.6) is 0 Å². The van der Waals surface area contributed by atoms with Gasteiger partial charge in [-0.15, -0.1) is 0 Å². The normalized spacial score (nSPS) is 11.8. The maximum atomic E-state index is 6.22. The predicted octanol–water partition coefficient (Wildman–Crippen LogP) is 11.4.